The molecule has 2 heterocycles. The predicted molar refractivity (Wildman–Crippen MR) is 132 cm³/mol. The van der Waals surface area contributed by atoms with Gasteiger partial charge < -0.3 is 10.1 Å². The molecule has 0 unspecified atom stereocenters. The van der Waals surface area contributed by atoms with E-state index in [1.165, 1.54) is 6.07 Å². The van der Waals surface area contributed by atoms with E-state index in [0.717, 1.165) is 12.7 Å². The normalized spacial score (nSPS) is 9.97. The minimum atomic E-state index is -0.858. The summed E-state index contributed by atoms with van der Waals surface area (Å²) in [6.45, 7) is 7.51. The third-order valence-electron chi connectivity index (χ3n) is 4.40. The third-order valence-corrected chi connectivity index (χ3v) is 4.92. The molecule has 1 aromatic carbocycles. The topological polar surface area (TPSA) is 114 Å². The predicted octanol–water partition coefficient (Wildman–Crippen LogP) is 5.08. The summed E-state index contributed by atoms with van der Waals surface area (Å²) in [4.78, 5) is 41.3. The number of anilines is 1. The van der Waals surface area contributed by atoms with Gasteiger partial charge in [-0.3, -0.25) is 19.6 Å². The van der Waals surface area contributed by atoms with Crippen molar-refractivity contribution in [1.82, 2.24) is 20.4 Å². The summed E-state index contributed by atoms with van der Waals surface area (Å²) in [5.41, 5.74) is 6.16. The second-order valence-electron chi connectivity index (χ2n) is 6.75. The van der Waals surface area contributed by atoms with Crippen LogP contribution >= 0.6 is 23.2 Å². The molecule has 0 saturated heterocycles. The number of carbonyl (C=O) groups is 3. The fourth-order valence-corrected chi connectivity index (χ4v) is 3.48. The molecule has 3 rings (SSSR count). The number of aromatic nitrogens is 2. The number of benzene rings is 1. The first-order valence-electron chi connectivity index (χ1n) is 10.3. The Balaban J connectivity index is 0.00000199. The molecule has 34 heavy (non-hydrogen) atoms. The fraction of sp³-hybridized carbons (Fsp3) is 0.217. The lowest BCUT2D eigenvalue weighted by atomic mass is 10.1. The number of rotatable bonds is 4. The molecule has 0 aliphatic heterocycles. The van der Waals surface area contributed by atoms with Gasteiger partial charge in [0.2, 0.25) is 0 Å². The van der Waals surface area contributed by atoms with E-state index >= 15 is 0 Å². The van der Waals surface area contributed by atoms with E-state index in [0.29, 0.717) is 16.4 Å². The van der Waals surface area contributed by atoms with Crippen molar-refractivity contribution in [3.63, 3.8) is 0 Å². The average Bonchev–Trinajstić information content (AvgIpc) is 3.21. The Hall–Kier alpha value is -3.56. The molecule has 3 aromatic rings. The number of methoxy groups -OCH3 is 1. The van der Waals surface area contributed by atoms with Crippen LogP contribution in [0, 0.1) is 13.8 Å². The zero-order valence-corrected chi connectivity index (χ0v) is 20.8. The van der Waals surface area contributed by atoms with E-state index in [-0.39, 0.29) is 22.0 Å². The summed E-state index contributed by atoms with van der Waals surface area (Å²) < 4.78 is 5.99. The van der Waals surface area contributed by atoms with Crippen molar-refractivity contribution in [3.8, 4) is 5.82 Å². The van der Waals surface area contributed by atoms with Gasteiger partial charge in [0.15, 0.2) is 5.82 Å². The van der Waals surface area contributed by atoms with Crippen molar-refractivity contribution in [1.29, 1.82) is 0 Å². The highest BCUT2D eigenvalue weighted by molar-refractivity contribution is 6.32. The van der Waals surface area contributed by atoms with Crippen molar-refractivity contribution < 1.29 is 19.1 Å². The van der Waals surface area contributed by atoms with Crippen LogP contribution in [-0.2, 0) is 4.74 Å². The SMILES string of the molecule is CC.COC(=O)NNC(=O)c1cc(Cl)cc(C)c1NC(=O)c1cc(C)cn1-c1ncccc1Cl. The summed E-state index contributed by atoms with van der Waals surface area (Å²) in [6, 6.07) is 8.00. The second-order valence-corrected chi connectivity index (χ2v) is 7.60. The summed E-state index contributed by atoms with van der Waals surface area (Å²) in [5, 5.41) is 3.40. The number of nitrogens with one attached hydrogen (secondary N) is 3. The maximum Gasteiger partial charge on any atom is 0.425 e. The first-order chi connectivity index (χ1) is 16.2. The summed E-state index contributed by atoms with van der Waals surface area (Å²) in [7, 11) is 1.15. The molecule has 11 heteroatoms. The van der Waals surface area contributed by atoms with Crippen LogP contribution in [0.15, 0.2) is 42.7 Å². The highest BCUT2D eigenvalue weighted by Crippen LogP contribution is 2.27. The van der Waals surface area contributed by atoms with Gasteiger partial charge >= 0.3 is 6.09 Å². The first kappa shape index (κ1) is 26.7. The van der Waals surface area contributed by atoms with Crippen LogP contribution in [0.5, 0.6) is 0 Å². The highest BCUT2D eigenvalue weighted by Gasteiger charge is 2.21. The molecule has 0 aliphatic rings. The van der Waals surface area contributed by atoms with Gasteiger partial charge in [0.05, 0.1) is 23.4 Å². The lowest BCUT2D eigenvalue weighted by Crippen LogP contribution is -2.41. The monoisotopic (exact) mass is 505 g/mol. The number of nitrogens with zero attached hydrogens (tertiary/aromatic N) is 2. The van der Waals surface area contributed by atoms with Crippen LogP contribution in [0.3, 0.4) is 0 Å². The smallest absolute Gasteiger partial charge is 0.425 e. The van der Waals surface area contributed by atoms with Gasteiger partial charge in [-0.05, 0) is 55.3 Å². The Bertz CT molecular complexity index is 1210. The molecule has 3 amide bonds. The van der Waals surface area contributed by atoms with E-state index in [9.17, 15) is 14.4 Å². The summed E-state index contributed by atoms with van der Waals surface area (Å²) >= 11 is 12.4. The zero-order chi connectivity index (χ0) is 25.4. The van der Waals surface area contributed by atoms with Crippen LogP contribution in [-0.4, -0.2) is 34.6 Å². The molecular formula is C23H25Cl2N5O4. The van der Waals surface area contributed by atoms with Crippen LogP contribution in [0.4, 0.5) is 10.5 Å². The summed E-state index contributed by atoms with van der Waals surface area (Å²) in [6.07, 6.45) is 2.44. The van der Waals surface area contributed by atoms with Crippen LogP contribution < -0.4 is 16.2 Å². The van der Waals surface area contributed by atoms with Crippen molar-refractivity contribution in [2.45, 2.75) is 27.7 Å². The van der Waals surface area contributed by atoms with Gasteiger partial charge in [0.1, 0.15) is 5.69 Å². The average molecular weight is 506 g/mol. The molecule has 9 nitrogen and oxygen atoms in total. The largest absolute Gasteiger partial charge is 0.452 e. The number of ether oxygens (including phenoxy) is 1. The number of amides is 3. The van der Waals surface area contributed by atoms with Gasteiger partial charge in [-0.15, -0.1) is 0 Å². The number of aryl methyl sites for hydroxylation is 2. The van der Waals surface area contributed by atoms with Crippen LogP contribution in [0.1, 0.15) is 45.8 Å². The maximum absolute atomic E-state index is 13.2. The van der Waals surface area contributed by atoms with Crippen LogP contribution in [0.25, 0.3) is 5.82 Å². The minimum absolute atomic E-state index is 0.0467. The number of pyridine rings is 1. The molecule has 0 bridgehead atoms. The molecule has 180 valence electrons. The van der Waals surface area contributed by atoms with Gasteiger partial charge in [0.25, 0.3) is 11.8 Å². The van der Waals surface area contributed by atoms with Gasteiger partial charge in [-0.25, -0.2) is 15.2 Å². The van der Waals surface area contributed by atoms with E-state index in [1.807, 2.05) is 20.8 Å². The number of hydrazine groups is 1. The lowest BCUT2D eigenvalue weighted by molar-refractivity contribution is 0.0921. The molecule has 0 spiro atoms. The molecule has 0 aliphatic carbocycles. The van der Waals surface area contributed by atoms with E-state index in [4.69, 9.17) is 23.2 Å². The first-order valence-corrected chi connectivity index (χ1v) is 11.0. The number of hydrogen-bond acceptors (Lipinski definition) is 5. The Kier molecular flexibility index (Phi) is 9.47. The molecular weight excluding hydrogens is 481 g/mol. The van der Waals surface area contributed by atoms with Crippen molar-refractivity contribution in [2.75, 3.05) is 12.4 Å². The second kappa shape index (κ2) is 12.1. The molecule has 0 radical (unpaired) electrons. The third kappa shape index (κ3) is 6.27. The fourth-order valence-electron chi connectivity index (χ4n) is 2.99. The van der Waals surface area contributed by atoms with Crippen molar-refractivity contribution >= 4 is 46.8 Å². The molecule has 0 saturated carbocycles. The molecule has 3 N–H and O–H groups in total. The van der Waals surface area contributed by atoms with Crippen LogP contribution in [0.2, 0.25) is 10.0 Å². The highest BCUT2D eigenvalue weighted by atomic mass is 35.5. The molecule has 0 atom stereocenters. The maximum atomic E-state index is 13.2. The standard InChI is InChI=1S/C21H19Cl2N5O4.C2H6/c1-11-7-16(28(10-11)18-15(23)5-4-6-24-18)20(30)25-17-12(2)8-13(22)9-14(17)19(29)26-27-21(31)32-3;1-2/h4-10H,1-3H3,(H,25,30)(H,26,29)(H,27,31);1-2H3. The quantitative estimate of drug-likeness (QED) is 0.428. The number of hydrogen-bond donors (Lipinski definition) is 3. The number of halogens is 2. The summed E-state index contributed by atoms with van der Waals surface area (Å²) in [5.74, 6) is -0.809. The Morgan fingerprint density at radius 2 is 1.74 bits per heavy atom. The van der Waals surface area contributed by atoms with Gasteiger partial charge in [-0.2, -0.15) is 0 Å². The van der Waals surface area contributed by atoms with E-state index in [2.05, 4.69) is 25.9 Å². The Morgan fingerprint density at radius 3 is 2.38 bits per heavy atom. The van der Waals surface area contributed by atoms with Crippen molar-refractivity contribution in [2.24, 2.45) is 0 Å². The van der Waals surface area contributed by atoms with Gasteiger partial charge in [0, 0.05) is 17.4 Å². The molecule has 2 aromatic heterocycles. The van der Waals surface area contributed by atoms with E-state index < -0.39 is 17.9 Å². The van der Waals surface area contributed by atoms with Crippen molar-refractivity contribution in [3.05, 3.63) is 75.2 Å². The van der Waals surface area contributed by atoms with Gasteiger partial charge in [-0.1, -0.05) is 37.0 Å². The minimum Gasteiger partial charge on any atom is -0.452 e. The molecule has 0 fully saturated rings. The zero-order valence-electron chi connectivity index (χ0n) is 19.3. The van der Waals surface area contributed by atoms with E-state index in [1.54, 1.807) is 48.1 Å². The Morgan fingerprint density at radius 1 is 1.03 bits per heavy atom. The Labute approximate surface area is 207 Å². The lowest BCUT2D eigenvalue weighted by Gasteiger charge is -2.16. The number of carbonyl (C=O) groups excluding carboxylic acids is 3.